The maximum Gasteiger partial charge on any atom is 0.344 e. The summed E-state index contributed by atoms with van der Waals surface area (Å²) in [5.74, 6) is 1.19. The Kier molecular flexibility index (Phi) is 3.23. The van der Waals surface area contributed by atoms with Crippen molar-refractivity contribution in [2.24, 2.45) is 0 Å². The number of hydrogen-bond donors (Lipinski definition) is 0. The van der Waals surface area contributed by atoms with Crippen molar-refractivity contribution in [3.63, 3.8) is 0 Å². The lowest BCUT2D eigenvalue weighted by molar-refractivity contribution is 0.0751. The van der Waals surface area contributed by atoms with Gasteiger partial charge in [0, 0.05) is 34.4 Å². The van der Waals surface area contributed by atoms with Gasteiger partial charge in [-0.25, -0.2) is 4.79 Å². The van der Waals surface area contributed by atoms with Crippen LogP contribution in [-0.2, 0) is 13.1 Å². The third-order valence-electron chi connectivity index (χ3n) is 4.68. The van der Waals surface area contributed by atoms with E-state index in [1.165, 1.54) is 5.56 Å². The van der Waals surface area contributed by atoms with Gasteiger partial charge in [0.1, 0.15) is 18.2 Å². The summed E-state index contributed by atoms with van der Waals surface area (Å²) in [6, 6.07) is 15.4. The first-order chi connectivity index (χ1) is 12.2. The zero-order valence-corrected chi connectivity index (χ0v) is 14.0. The van der Waals surface area contributed by atoms with Crippen LogP contribution in [0.15, 0.2) is 48.5 Å². The predicted octanol–water partition coefficient (Wildman–Crippen LogP) is 4.38. The highest BCUT2D eigenvalue weighted by molar-refractivity contribution is 6.30. The van der Waals surface area contributed by atoms with Crippen molar-refractivity contribution in [3.05, 3.63) is 70.2 Å². The first-order valence-corrected chi connectivity index (χ1v) is 8.47. The van der Waals surface area contributed by atoms with Gasteiger partial charge in [0.05, 0.1) is 5.56 Å². The first-order valence-electron chi connectivity index (χ1n) is 8.09. The van der Waals surface area contributed by atoms with E-state index in [9.17, 15) is 4.79 Å². The van der Waals surface area contributed by atoms with Crippen LogP contribution in [0.25, 0.3) is 10.8 Å². The average Bonchev–Trinajstić information content (AvgIpc) is 2.94. The summed E-state index contributed by atoms with van der Waals surface area (Å²) in [5.41, 5.74) is 2.83. The van der Waals surface area contributed by atoms with Crippen LogP contribution < -0.4 is 9.47 Å². The molecule has 25 heavy (non-hydrogen) atoms. The van der Waals surface area contributed by atoms with Crippen molar-refractivity contribution in [2.75, 3.05) is 6.73 Å². The van der Waals surface area contributed by atoms with Crippen molar-refractivity contribution in [1.29, 1.82) is 0 Å². The largest absolute Gasteiger partial charge is 0.477 e. The van der Waals surface area contributed by atoms with E-state index in [0.29, 0.717) is 18.0 Å². The van der Waals surface area contributed by atoms with Crippen LogP contribution in [0.1, 0.15) is 21.5 Å². The van der Waals surface area contributed by atoms with E-state index in [1.54, 1.807) is 6.07 Å². The number of halogens is 1. The van der Waals surface area contributed by atoms with Crippen LogP contribution >= 0.6 is 11.6 Å². The second-order valence-corrected chi connectivity index (χ2v) is 6.80. The number of benzene rings is 3. The molecule has 0 N–H and O–H groups in total. The van der Waals surface area contributed by atoms with Gasteiger partial charge in [-0.15, -0.1) is 0 Å². The molecule has 3 aromatic rings. The van der Waals surface area contributed by atoms with Gasteiger partial charge in [-0.1, -0.05) is 35.9 Å². The Balaban J connectivity index is 1.50. The summed E-state index contributed by atoms with van der Waals surface area (Å²) < 4.78 is 11.5. The van der Waals surface area contributed by atoms with Gasteiger partial charge in [0.2, 0.25) is 0 Å². The second kappa shape index (κ2) is 5.48. The zero-order chi connectivity index (χ0) is 17.0. The minimum atomic E-state index is -0.291. The number of nitrogens with zero attached hydrogens (tertiary/aromatic N) is 1. The molecule has 0 atom stereocenters. The Hall–Kier alpha value is -2.56. The second-order valence-electron chi connectivity index (χ2n) is 6.37. The van der Waals surface area contributed by atoms with E-state index in [-0.39, 0.29) is 5.97 Å². The minimum absolute atomic E-state index is 0.291. The molecular weight excluding hydrogens is 338 g/mol. The minimum Gasteiger partial charge on any atom is -0.477 e. The molecule has 0 unspecified atom stereocenters. The molecule has 5 rings (SSSR count). The molecule has 5 heteroatoms. The fourth-order valence-electron chi connectivity index (χ4n) is 3.56. The SMILES string of the molecule is O=C1Oc2cc3c(c4cccc1c24)OCN(Cc1ccc(Cl)cc1)C3. The number of carbonyl (C=O) groups is 1. The van der Waals surface area contributed by atoms with Crippen LogP contribution in [0.2, 0.25) is 5.02 Å². The van der Waals surface area contributed by atoms with E-state index in [4.69, 9.17) is 21.1 Å². The standard InChI is InChI=1S/C20H14ClNO3/c21-14-6-4-12(5-7-14)9-22-10-13-8-17-18-15(19(13)24-11-22)2-1-3-16(18)20(23)25-17/h1-8H,9-11H2. The highest BCUT2D eigenvalue weighted by Crippen LogP contribution is 2.44. The fraction of sp³-hybridized carbons (Fsp3) is 0.150. The summed E-state index contributed by atoms with van der Waals surface area (Å²) in [7, 11) is 0. The molecule has 3 aromatic carbocycles. The summed E-state index contributed by atoms with van der Waals surface area (Å²) in [6.07, 6.45) is 0. The molecule has 0 fully saturated rings. The Morgan fingerprint density at radius 3 is 2.80 bits per heavy atom. The van der Waals surface area contributed by atoms with Crippen LogP contribution in [0.3, 0.4) is 0 Å². The molecule has 4 nitrogen and oxygen atoms in total. The monoisotopic (exact) mass is 351 g/mol. The van der Waals surface area contributed by atoms with Crippen molar-refractivity contribution in [1.82, 2.24) is 4.90 Å². The third-order valence-corrected chi connectivity index (χ3v) is 4.93. The smallest absolute Gasteiger partial charge is 0.344 e. The van der Waals surface area contributed by atoms with E-state index in [2.05, 4.69) is 4.90 Å². The summed E-state index contributed by atoms with van der Waals surface area (Å²) in [6.45, 7) is 2.01. The number of ether oxygens (including phenoxy) is 2. The molecule has 0 aliphatic carbocycles. The van der Waals surface area contributed by atoms with Crippen molar-refractivity contribution in [3.8, 4) is 11.5 Å². The molecular formula is C20H14ClNO3. The van der Waals surface area contributed by atoms with Crippen LogP contribution in [0.5, 0.6) is 11.5 Å². The highest BCUT2D eigenvalue weighted by Gasteiger charge is 2.29. The van der Waals surface area contributed by atoms with E-state index < -0.39 is 0 Å². The van der Waals surface area contributed by atoms with Crippen molar-refractivity contribution < 1.29 is 14.3 Å². The van der Waals surface area contributed by atoms with Gasteiger partial charge < -0.3 is 9.47 Å². The number of fused-ring (bicyclic) bond motifs is 2. The lowest BCUT2D eigenvalue weighted by atomic mass is 10.00. The Bertz CT molecular complexity index is 1010. The molecule has 0 bridgehead atoms. The maximum atomic E-state index is 12.0. The first kappa shape index (κ1) is 14.8. The Morgan fingerprint density at radius 2 is 1.96 bits per heavy atom. The van der Waals surface area contributed by atoms with Crippen molar-refractivity contribution >= 4 is 28.3 Å². The zero-order valence-electron chi connectivity index (χ0n) is 13.3. The molecule has 0 amide bonds. The fourth-order valence-corrected chi connectivity index (χ4v) is 3.69. The summed E-state index contributed by atoms with van der Waals surface area (Å²) >= 11 is 5.95. The average molecular weight is 352 g/mol. The summed E-state index contributed by atoms with van der Waals surface area (Å²) in [4.78, 5) is 14.2. The van der Waals surface area contributed by atoms with Crippen LogP contribution in [0.4, 0.5) is 0 Å². The van der Waals surface area contributed by atoms with Gasteiger partial charge in [-0.3, -0.25) is 4.90 Å². The van der Waals surface area contributed by atoms with Gasteiger partial charge in [-0.2, -0.15) is 0 Å². The van der Waals surface area contributed by atoms with Gasteiger partial charge >= 0.3 is 5.97 Å². The molecule has 0 saturated carbocycles. The van der Waals surface area contributed by atoms with Crippen LogP contribution in [-0.4, -0.2) is 17.6 Å². The van der Waals surface area contributed by atoms with Gasteiger partial charge in [0.25, 0.3) is 0 Å². The molecule has 2 heterocycles. The third kappa shape index (κ3) is 2.37. The normalized spacial score (nSPS) is 15.8. The number of carbonyl (C=O) groups excluding carboxylic acids is 1. The molecule has 2 aliphatic rings. The molecule has 0 spiro atoms. The van der Waals surface area contributed by atoms with E-state index >= 15 is 0 Å². The lowest BCUT2D eigenvalue weighted by Gasteiger charge is -2.30. The molecule has 0 radical (unpaired) electrons. The topological polar surface area (TPSA) is 38.8 Å². The quantitative estimate of drug-likeness (QED) is 0.507. The lowest BCUT2D eigenvalue weighted by Crippen LogP contribution is -2.31. The van der Waals surface area contributed by atoms with Gasteiger partial charge in [-0.05, 0) is 29.8 Å². The number of hydrogen-bond acceptors (Lipinski definition) is 4. The molecule has 2 aliphatic heterocycles. The Morgan fingerprint density at radius 1 is 1.12 bits per heavy atom. The summed E-state index contributed by atoms with van der Waals surface area (Å²) in [5, 5.41) is 2.54. The van der Waals surface area contributed by atoms with E-state index in [1.807, 2.05) is 42.5 Å². The van der Waals surface area contributed by atoms with Crippen LogP contribution in [0, 0.1) is 0 Å². The van der Waals surface area contributed by atoms with Crippen molar-refractivity contribution in [2.45, 2.75) is 13.1 Å². The highest BCUT2D eigenvalue weighted by atomic mass is 35.5. The molecule has 0 aromatic heterocycles. The number of rotatable bonds is 2. The molecule has 0 saturated heterocycles. The molecule has 124 valence electrons. The maximum absolute atomic E-state index is 12.0. The number of esters is 1. The van der Waals surface area contributed by atoms with Gasteiger partial charge in [0.15, 0.2) is 0 Å². The Labute approximate surface area is 149 Å². The predicted molar refractivity (Wildman–Crippen MR) is 95.1 cm³/mol. The van der Waals surface area contributed by atoms with E-state index in [0.717, 1.165) is 40.2 Å².